The van der Waals surface area contributed by atoms with Gasteiger partial charge in [-0.1, -0.05) is 23.2 Å². The maximum atomic E-state index is 9.07. The van der Waals surface area contributed by atoms with Gasteiger partial charge in [-0.2, -0.15) is 10.4 Å². The number of nitriles is 1. The molecule has 0 aliphatic heterocycles. The second-order valence-corrected chi connectivity index (χ2v) is 4.34. The van der Waals surface area contributed by atoms with Crippen molar-refractivity contribution in [3.63, 3.8) is 0 Å². The van der Waals surface area contributed by atoms with Crippen LogP contribution in [0.4, 0.5) is 0 Å². The van der Waals surface area contributed by atoms with Crippen LogP contribution >= 0.6 is 23.2 Å². The van der Waals surface area contributed by atoms with Gasteiger partial charge in [0.05, 0.1) is 12.3 Å². The van der Waals surface area contributed by atoms with Crippen molar-refractivity contribution in [2.45, 2.75) is 6.61 Å². The van der Waals surface area contributed by atoms with Gasteiger partial charge in [-0.25, -0.2) is 4.68 Å². The van der Waals surface area contributed by atoms with Gasteiger partial charge in [0, 0.05) is 12.1 Å². The predicted molar refractivity (Wildman–Crippen MR) is 69.0 cm³/mol. The Kier molecular flexibility index (Phi) is 3.87. The van der Waals surface area contributed by atoms with E-state index in [0.717, 1.165) is 5.69 Å². The molecule has 0 radical (unpaired) electrons. The highest BCUT2D eigenvalue weighted by Gasteiger charge is 2.16. The Hall–Kier alpha value is -1.54. The zero-order valence-electron chi connectivity index (χ0n) is 9.52. The Morgan fingerprint density at radius 3 is 2.56 bits per heavy atom. The molecule has 0 bridgehead atoms. The highest BCUT2D eigenvalue weighted by Crippen LogP contribution is 2.24. The zero-order chi connectivity index (χ0) is 13.1. The molecule has 18 heavy (non-hydrogen) atoms. The molecule has 2 rings (SSSR count). The number of rotatable bonds is 3. The van der Waals surface area contributed by atoms with Gasteiger partial charge in [0.15, 0.2) is 5.15 Å². The highest BCUT2D eigenvalue weighted by molar-refractivity contribution is 6.31. The van der Waals surface area contributed by atoms with Crippen molar-refractivity contribution in [1.82, 2.24) is 9.78 Å². The summed E-state index contributed by atoms with van der Waals surface area (Å²) in [6.45, 7) is 0.239. The molecule has 4 nitrogen and oxygen atoms in total. The quantitative estimate of drug-likeness (QED) is 0.868. The summed E-state index contributed by atoms with van der Waals surface area (Å²) in [5.41, 5.74) is 1.58. The number of methoxy groups -OCH3 is 1. The molecule has 0 fully saturated rings. The third-order valence-corrected chi connectivity index (χ3v) is 2.97. The topological polar surface area (TPSA) is 50.8 Å². The number of ether oxygens (including phenoxy) is 1. The van der Waals surface area contributed by atoms with E-state index in [1.807, 2.05) is 6.07 Å². The lowest BCUT2D eigenvalue weighted by atomic mass is 10.3. The first-order valence-corrected chi connectivity index (χ1v) is 5.85. The fourth-order valence-electron chi connectivity index (χ4n) is 1.54. The molecule has 0 amide bonds. The van der Waals surface area contributed by atoms with Gasteiger partial charge in [0.2, 0.25) is 0 Å². The predicted octanol–water partition coefficient (Wildman–Crippen LogP) is 3.20. The van der Waals surface area contributed by atoms with Gasteiger partial charge >= 0.3 is 0 Å². The number of nitrogens with zero attached hydrogens (tertiary/aromatic N) is 3. The van der Waals surface area contributed by atoms with E-state index in [1.165, 1.54) is 11.8 Å². The van der Waals surface area contributed by atoms with Crippen molar-refractivity contribution in [1.29, 1.82) is 5.26 Å². The lowest BCUT2D eigenvalue weighted by Gasteiger charge is -2.02. The van der Waals surface area contributed by atoms with Crippen LogP contribution in [0.5, 0.6) is 0 Å². The molecule has 2 aromatic rings. The van der Waals surface area contributed by atoms with Crippen LogP contribution in [0.2, 0.25) is 10.2 Å². The molecule has 0 aliphatic carbocycles. The molecule has 1 aromatic carbocycles. The van der Waals surface area contributed by atoms with Crippen LogP contribution in [0.1, 0.15) is 11.3 Å². The highest BCUT2D eigenvalue weighted by atomic mass is 35.5. The van der Waals surface area contributed by atoms with Crippen LogP contribution in [0.15, 0.2) is 24.3 Å². The van der Waals surface area contributed by atoms with Crippen LogP contribution in [0.3, 0.4) is 0 Å². The Morgan fingerprint density at radius 2 is 2.00 bits per heavy atom. The van der Waals surface area contributed by atoms with E-state index in [1.54, 1.807) is 24.3 Å². The minimum absolute atomic E-state index is 0.239. The fraction of sp³-hybridized carbons (Fsp3) is 0.167. The minimum Gasteiger partial charge on any atom is -0.378 e. The molecule has 0 unspecified atom stereocenters. The number of benzene rings is 1. The van der Waals surface area contributed by atoms with E-state index >= 15 is 0 Å². The molecule has 1 heterocycles. The van der Waals surface area contributed by atoms with Gasteiger partial charge in [-0.15, -0.1) is 0 Å². The van der Waals surface area contributed by atoms with Crippen LogP contribution in [0.25, 0.3) is 5.69 Å². The lowest BCUT2D eigenvalue weighted by molar-refractivity contribution is 0.181. The summed E-state index contributed by atoms with van der Waals surface area (Å²) < 4.78 is 6.48. The molecular weight excluding hydrogens is 273 g/mol. The standard InChI is InChI=1S/C12H9Cl2N3O/c1-18-7-11-10(6-15)12(14)17(16-11)9-4-2-8(13)3-5-9/h2-5H,7H2,1H3. The molecule has 6 heteroatoms. The van der Waals surface area contributed by atoms with Crippen molar-refractivity contribution >= 4 is 23.2 Å². The summed E-state index contributed by atoms with van der Waals surface area (Å²) in [5.74, 6) is 0. The molecule has 0 N–H and O–H groups in total. The monoisotopic (exact) mass is 281 g/mol. The molecule has 0 spiro atoms. The molecular formula is C12H9Cl2N3O. The molecule has 0 saturated heterocycles. The van der Waals surface area contributed by atoms with E-state index in [-0.39, 0.29) is 11.8 Å². The summed E-state index contributed by atoms with van der Waals surface area (Å²) in [4.78, 5) is 0. The van der Waals surface area contributed by atoms with Gasteiger partial charge in [-0.05, 0) is 24.3 Å². The Morgan fingerprint density at radius 1 is 1.33 bits per heavy atom. The Bertz CT molecular complexity index is 599. The Labute approximate surface area is 114 Å². The van der Waals surface area contributed by atoms with E-state index in [2.05, 4.69) is 5.10 Å². The van der Waals surface area contributed by atoms with Crippen molar-refractivity contribution < 1.29 is 4.74 Å². The molecule has 0 aliphatic rings. The lowest BCUT2D eigenvalue weighted by Crippen LogP contribution is -1.97. The minimum atomic E-state index is 0.239. The van der Waals surface area contributed by atoms with Gasteiger partial charge in [0.1, 0.15) is 17.3 Å². The SMILES string of the molecule is COCc1nn(-c2ccc(Cl)cc2)c(Cl)c1C#N. The second-order valence-electron chi connectivity index (χ2n) is 3.55. The van der Waals surface area contributed by atoms with Gasteiger partial charge < -0.3 is 4.74 Å². The van der Waals surface area contributed by atoms with E-state index in [4.69, 9.17) is 33.2 Å². The van der Waals surface area contributed by atoms with Crippen molar-refractivity contribution in [3.05, 3.63) is 45.7 Å². The van der Waals surface area contributed by atoms with Gasteiger partial charge in [-0.3, -0.25) is 0 Å². The van der Waals surface area contributed by atoms with Crippen molar-refractivity contribution in [2.24, 2.45) is 0 Å². The van der Waals surface area contributed by atoms with Crippen LogP contribution < -0.4 is 0 Å². The average molecular weight is 282 g/mol. The first-order chi connectivity index (χ1) is 8.67. The summed E-state index contributed by atoms with van der Waals surface area (Å²) in [6.07, 6.45) is 0. The van der Waals surface area contributed by atoms with Crippen molar-refractivity contribution in [2.75, 3.05) is 7.11 Å². The third-order valence-electron chi connectivity index (χ3n) is 2.37. The number of hydrogen-bond acceptors (Lipinski definition) is 3. The molecule has 0 saturated carbocycles. The largest absolute Gasteiger partial charge is 0.378 e. The zero-order valence-corrected chi connectivity index (χ0v) is 11.0. The maximum absolute atomic E-state index is 9.07. The summed E-state index contributed by atoms with van der Waals surface area (Å²) in [6, 6.07) is 9.05. The average Bonchev–Trinajstić information content (AvgIpc) is 2.67. The number of aromatic nitrogens is 2. The summed E-state index contributed by atoms with van der Waals surface area (Å²) in [5, 5.41) is 14.2. The molecule has 92 valence electrons. The van der Waals surface area contributed by atoms with E-state index in [9.17, 15) is 0 Å². The summed E-state index contributed by atoms with van der Waals surface area (Å²) >= 11 is 11.9. The first kappa shape index (κ1) is 12.9. The first-order valence-electron chi connectivity index (χ1n) is 5.09. The van der Waals surface area contributed by atoms with E-state index < -0.39 is 0 Å². The van der Waals surface area contributed by atoms with E-state index in [0.29, 0.717) is 16.3 Å². The number of hydrogen-bond donors (Lipinski definition) is 0. The second kappa shape index (κ2) is 5.40. The Balaban J connectivity index is 2.52. The smallest absolute Gasteiger partial charge is 0.151 e. The molecule has 0 atom stereocenters. The van der Waals surface area contributed by atoms with Crippen LogP contribution in [-0.4, -0.2) is 16.9 Å². The maximum Gasteiger partial charge on any atom is 0.151 e. The number of halogens is 2. The van der Waals surface area contributed by atoms with Crippen LogP contribution in [-0.2, 0) is 11.3 Å². The van der Waals surface area contributed by atoms with Crippen LogP contribution in [0, 0.1) is 11.3 Å². The third kappa shape index (κ3) is 2.34. The summed E-state index contributed by atoms with van der Waals surface area (Å²) in [7, 11) is 1.54. The normalized spacial score (nSPS) is 10.3. The van der Waals surface area contributed by atoms with Crippen molar-refractivity contribution in [3.8, 4) is 11.8 Å². The fourth-order valence-corrected chi connectivity index (χ4v) is 1.95. The van der Waals surface area contributed by atoms with Gasteiger partial charge in [0.25, 0.3) is 0 Å². The molecule has 1 aromatic heterocycles.